The highest BCUT2D eigenvalue weighted by atomic mass is 16.5. The summed E-state index contributed by atoms with van der Waals surface area (Å²) in [7, 11) is 0. The number of aryl methyl sites for hydroxylation is 3. The van der Waals surface area contributed by atoms with Crippen molar-refractivity contribution >= 4 is 11.6 Å². The Hall–Kier alpha value is -2.62. The van der Waals surface area contributed by atoms with Crippen molar-refractivity contribution in [3.05, 3.63) is 64.7 Å². The molecule has 0 saturated heterocycles. The molecule has 0 radical (unpaired) electrons. The van der Waals surface area contributed by atoms with E-state index in [0.717, 1.165) is 47.4 Å². The maximum Gasteiger partial charge on any atom is 0.277 e. The Balaban J connectivity index is 1.62. The van der Waals surface area contributed by atoms with Crippen molar-refractivity contribution in [1.29, 1.82) is 0 Å². The van der Waals surface area contributed by atoms with E-state index in [9.17, 15) is 4.79 Å². The van der Waals surface area contributed by atoms with Crippen LogP contribution in [-0.4, -0.2) is 18.2 Å². The highest BCUT2D eigenvalue weighted by Gasteiger charge is 2.15. The molecule has 2 aromatic rings. The summed E-state index contributed by atoms with van der Waals surface area (Å²) in [5.41, 5.74) is 8.05. The largest absolute Gasteiger partial charge is 0.483 e. The van der Waals surface area contributed by atoms with E-state index in [-0.39, 0.29) is 12.5 Å². The third-order valence-electron chi connectivity index (χ3n) is 4.26. The number of nitrogens with zero attached hydrogens (tertiary/aromatic N) is 1. The molecule has 0 fully saturated rings. The summed E-state index contributed by atoms with van der Waals surface area (Å²) in [6, 6.07) is 14.1. The maximum atomic E-state index is 12.1. The topological polar surface area (TPSA) is 50.7 Å². The van der Waals surface area contributed by atoms with Crippen LogP contribution in [0.1, 0.15) is 35.1 Å². The number of para-hydroxylation sites is 1. The van der Waals surface area contributed by atoms with Gasteiger partial charge in [0.1, 0.15) is 5.75 Å². The first-order chi connectivity index (χ1) is 11.6. The van der Waals surface area contributed by atoms with Crippen LogP contribution in [-0.2, 0) is 11.2 Å². The molecular formula is C20H22N2O2. The van der Waals surface area contributed by atoms with Crippen LogP contribution in [0.25, 0.3) is 0 Å². The predicted molar refractivity (Wildman–Crippen MR) is 95.5 cm³/mol. The monoisotopic (exact) mass is 322 g/mol. The maximum absolute atomic E-state index is 12.1. The van der Waals surface area contributed by atoms with Gasteiger partial charge in [-0.05, 0) is 49.8 Å². The van der Waals surface area contributed by atoms with Crippen LogP contribution in [0, 0.1) is 13.8 Å². The van der Waals surface area contributed by atoms with Crippen LogP contribution in [0.3, 0.4) is 0 Å². The van der Waals surface area contributed by atoms with Gasteiger partial charge in [-0.15, -0.1) is 0 Å². The first-order valence-electron chi connectivity index (χ1n) is 8.28. The normalized spacial score (nSPS) is 15.0. The molecule has 0 heterocycles. The number of hydrazone groups is 1. The van der Waals surface area contributed by atoms with Gasteiger partial charge in [0, 0.05) is 5.56 Å². The Morgan fingerprint density at radius 1 is 1.08 bits per heavy atom. The van der Waals surface area contributed by atoms with Crippen LogP contribution >= 0.6 is 0 Å². The van der Waals surface area contributed by atoms with E-state index in [1.165, 1.54) is 5.56 Å². The van der Waals surface area contributed by atoms with Crippen LogP contribution in [0.4, 0.5) is 0 Å². The van der Waals surface area contributed by atoms with Crippen molar-refractivity contribution in [2.45, 2.75) is 33.1 Å². The van der Waals surface area contributed by atoms with Crippen molar-refractivity contribution < 1.29 is 9.53 Å². The highest BCUT2D eigenvalue weighted by Crippen LogP contribution is 2.22. The highest BCUT2D eigenvalue weighted by molar-refractivity contribution is 6.03. The number of carbonyl (C=O) groups excluding carboxylic acids is 1. The quantitative estimate of drug-likeness (QED) is 0.875. The minimum atomic E-state index is -0.242. The lowest BCUT2D eigenvalue weighted by Gasteiger charge is -2.17. The Morgan fingerprint density at radius 3 is 2.62 bits per heavy atom. The van der Waals surface area contributed by atoms with Crippen molar-refractivity contribution in [2.75, 3.05) is 6.61 Å². The third kappa shape index (κ3) is 3.65. The fourth-order valence-corrected chi connectivity index (χ4v) is 3.04. The number of amides is 1. The van der Waals surface area contributed by atoms with E-state index in [2.05, 4.69) is 22.7 Å². The summed E-state index contributed by atoms with van der Waals surface area (Å²) >= 11 is 0. The summed E-state index contributed by atoms with van der Waals surface area (Å²) in [6.45, 7) is 3.91. The van der Waals surface area contributed by atoms with Crippen LogP contribution in [0.15, 0.2) is 47.6 Å². The second kappa shape index (κ2) is 7.30. The average molecular weight is 322 g/mol. The van der Waals surface area contributed by atoms with E-state index in [1.54, 1.807) is 0 Å². The molecular weight excluding hydrogens is 300 g/mol. The average Bonchev–Trinajstić information content (AvgIpc) is 2.59. The molecule has 24 heavy (non-hydrogen) atoms. The van der Waals surface area contributed by atoms with Crippen LogP contribution in [0.5, 0.6) is 5.75 Å². The molecule has 1 amide bonds. The summed E-state index contributed by atoms with van der Waals surface area (Å²) in [6.07, 6.45) is 3.01. The van der Waals surface area contributed by atoms with Gasteiger partial charge in [-0.1, -0.05) is 42.5 Å². The minimum absolute atomic E-state index is 0.0376. The van der Waals surface area contributed by atoms with E-state index in [4.69, 9.17) is 4.74 Å². The minimum Gasteiger partial charge on any atom is -0.483 e. The fraction of sp³-hybridized carbons (Fsp3) is 0.300. The van der Waals surface area contributed by atoms with Gasteiger partial charge in [0.05, 0.1) is 5.71 Å². The van der Waals surface area contributed by atoms with Crippen molar-refractivity contribution in [2.24, 2.45) is 5.10 Å². The Morgan fingerprint density at radius 2 is 1.83 bits per heavy atom. The third-order valence-corrected chi connectivity index (χ3v) is 4.26. The predicted octanol–water partition coefficient (Wildman–Crippen LogP) is 3.54. The standard InChI is InChI=1S/C20H22N2O2/c1-14-7-5-8-15(2)20(14)24-13-19(23)22-21-18-12-6-10-16-9-3-4-11-17(16)18/h3-5,7-9,11H,6,10,12-13H2,1-2H3,(H,22,23)/b21-18-. The molecule has 124 valence electrons. The number of ether oxygens (including phenoxy) is 1. The van der Waals surface area contributed by atoms with Gasteiger partial charge in [0.15, 0.2) is 6.61 Å². The number of carbonyl (C=O) groups is 1. The van der Waals surface area contributed by atoms with E-state index < -0.39 is 0 Å². The number of nitrogens with one attached hydrogen (secondary N) is 1. The summed E-state index contributed by atoms with van der Waals surface area (Å²) < 4.78 is 5.66. The van der Waals surface area contributed by atoms with Gasteiger partial charge in [0.25, 0.3) is 5.91 Å². The number of hydrogen-bond donors (Lipinski definition) is 1. The van der Waals surface area contributed by atoms with Gasteiger partial charge in [-0.2, -0.15) is 5.10 Å². The molecule has 0 saturated carbocycles. The molecule has 4 nitrogen and oxygen atoms in total. The van der Waals surface area contributed by atoms with Crippen molar-refractivity contribution in [3.63, 3.8) is 0 Å². The molecule has 0 bridgehead atoms. The van der Waals surface area contributed by atoms with Gasteiger partial charge in [-0.25, -0.2) is 5.43 Å². The zero-order valence-electron chi connectivity index (χ0n) is 14.1. The second-order valence-electron chi connectivity index (χ2n) is 6.11. The van der Waals surface area contributed by atoms with Crippen molar-refractivity contribution in [3.8, 4) is 5.75 Å². The zero-order valence-corrected chi connectivity index (χ0v) is 14.1. The van der Waals surface area contributed by atoms with Gasteiger partial charge < -0.3 is 4.74 Å². The molecule has 4 heteroatoms. The lowest BCUT2D eigenvalue weighted by Crippen LogP contribution is -2.27. The molecule has 0 atom stereocenters. The Labute approximate surface area is 142 Å². The van der Waals surface area contributed by atoms with Crippen LogP contribution in [0.2, 0.25) is 0 Å². The molecule has 3 rings (SSSR count). The van der Waals surface area contributed by atoms with Crippen molar-refractivity contribution in [1.82, 2.24) is 5.43 Å². The van der Waals surface area contributed by atoms with Gasteiger partial charge in [0.2, 0.25) is 0 Å². The van der Waals surface area contributed by atoms with Crippen LogP contribution < -0.4 is 10.2 Å². The Bertz CT molecular complexity index is 761. The number of rotatable bonds is 4. The summed E-state index contributed by atoms with van der Waals surface area (Å²) in [4.78, 5) is 12.1. The molecule has 1 aliphatic carbocycles. The number of hydrogen-bond acceptors (Lipinski definition) is 3. The molecule has 0 spiro atoms. The smallest absolute Gasteiger partial charge is 0.277 e. The number of benzene rings is 2. The van der Waals surface area contributed by atoms with Gasteiger partial charge in [-0.3, -0.25) is 4.79 Å². The lowest BCUT2D eigenvalue weighted by molar-refractivity contribution is -0.123. The number of fused-ring (bicyclic) bond motifs is 1. The lowest BCUT2D eigenvalue weighted by atomic mass is 9.90. The SMILES string of the molecule is Cc1cccc(C)c1OCC(=O)N/N=C1/CCCc2ccccc21. The van der Waals surface area contributed by atoms with E-state index >= 15 is 0 Å². The summed E-state index contributed by atoms with van der Waals surface area (Å²) in [5, 5.41) is 4.32. The summed E-state index contributed by atoms with van der Waals surface area (Å²) in [5.74, 6) is 0.525. The molecule has 1 N–H and O–H groups in total. The van der Waals surface area contributed by atoms with E-state index in [0.29, 0.717) is 0 Å². The zero-order chi connectivity index (χ0) is 16.9. The second-order valence-corrected chi connectivity index (χ2v) is 6.11. The molecule has 2 aromatic carbocycles. The fourth-order valence-electron chi connectivity index (χ4n) is 3.04. The molecule has 0 aromatic heterocycles. The first-order valence-corrected chi connectivity index (χ1v) is 8.28. The molecule has 0 aliphatic heterocycles. The Kier molecular flexibility index (Phi) is 4.94. The van der Waals surface area contributed by atoms with E-state index in [1.807, 2.05) is 44.2 Å². The first kappa shape index (κ1) is 16.2. The molecule has 0 unspecified atom stereocenters. The van der Waals surface area contributed by atoms with Gasteiger partial charge >= 0.3 is 0 Å². The molecule has 1 aliphatic rings.